The maximum Gasteiger partial charge on any atom is 0.00695 e. The Bertz CT molecular complexity index is 201. The van der Waals surface area contributed by atoms with E-state index in [1.54, 1.807) is 0 Å². The van der Waals surface area contributed by atoms with Gasteiger partial charge in [0.2, 0.25) is 0 Å². The first-order valence-corrected chi connectivity index (χ1v) is 7.15. The van der Waals surface area contributed by atoms with Gasteiger partial charge in [-0.1, -0.05) is 12.8 Å². The zero-order valence-corrected chi connectivity index (χ0v) is 11.2. The first-order valence-electron chi connectivity index (χ1n) is 7.15. The van der Waals surface area contributed by atoms with E-state index in [1.807, 2.05) is 0 Å². The molecule has 3 atom stereocenters. The van der Waals surface area contributed by atoms with Crippen LogP contribution in [0.4, 0.5) is 0 Å². The van der Waals surface area contributed by atoms with Gasteiger partial charge in [-0.3, -0.25) is 0 Å². The Morgan fingerprint density at radius 2 is 1.62 bits per heavy atom. The van der Waals surface area contributed by atoms with Crippen molar-refractivity contribution >= 4 is 0 Å². The second-order valence-electron chi connectivity index (χ2n) is 6.11. The zero-order valence-electron chi connectivity index (χ0n) is 11.2. The monoisotopic (exact) mass is 224 g/mol. The third-order valence-corrected chi connectivity index (χ3v) is 4.26. The highest BCUT2D eigenvalue weighted by atomic mass is 15.2. The predicted octanol–water partition coefficient (Wildman–Crippen LogP) is 2.64. The highest BCUT2D eigenvalue weighted by Crippen LogP contribution is 2.34. The van der Waals surface area contributed by atoms with Gasteiger partial charge in [0.25, 0.3) is 0 Å². The molecule has 0 aromatic rings. The molecule has 3 unspecified atom stereocenters. The van der Waals surface area contributed by atoms with Gasteiger partial charge < -0.3 is 10.2 Å². The summed E-state index contributed by atoms with van der Waals surface area (Å²) < 4.78 is 0. The number of nitrogens with zero attached hydrogens (tertiary/aromatic N) is 1. The largest absolute Gasteiger partial charge is 0.312 e. The molecule has 2 nitrogen and oxygen atoms in total. The SMILES string of the molecule is CC1CCN(C(C)CC2CC2)CCC(C)N1. The van der Waals surface area contributed by atoms with Crippen LogP contribution in [0.15, 0.2) is 0 Å². The van der Waals surface area contributed by atoms with Gasteiger partial charge in [-0.15, -0.1) is 0 Å². The van der Waals surface area contributed by atoms with E-state index >= 15 is 0 Å². The van der Waals surface area contributed by atoms with E-state index in [-0.39, 0.29) is 0 Å². The Morgan fingerprint density at radius 1 is 1.06 bits per heavy atom. The first-order chi connectivity index (χ1) is 7.65. The van der Waals surface area contributed by atoms with E-state index in [0.717, 1.165) is 12.0 Å². The van der Waals surface area contributed by atoms with Crippen LogP contribution in [0.3, 0.4) is 0 Å². The fourth-order valence-electron chi connectivity index (χ4n) is 2.91. The molecule has 1 aliphatic carbocycles. The molecule has 0 amide bonds. The third kappa shape index (κ3) is 3.74. The van der Waals surface area contributed by atoms with Gasteiger partial charge in [0.05, 0.1) is 0 Å². The Labute approximate surface area is 101 Å². The van der Waals surface area contributed by atoms with Crippen LogP contribution in [0, 0.1) is 5.92 Å². The molecule has 2 heteroatoms. The second kappa shape index (κ2) is 5.50. The fourth-order valence-corrected chi connectivity index (χ4v) is 2.91. The molecular weight excluding hydrogens is 196 g/mol. The summed E-state index contributed by atoms with van der Waals surface area (Å²) in [4.78, 5) is 2.73. The Balaban J connectivity index is 1.81. The molecule has 0 bridgehead atoms. The Morgan fingerprint density at radius 3 is 2.12 bits per heavy atom. The highest BCUT2D eigenvalue weighted by molar-refractivity contribution is 4.82. The lowest BCUT2D eigenvalue weighted by Gasteiger charge is -2.34. The van der Waals surface area contributed by atoms with Crippen LogP contribution in [0.5, 0.6) is 0 Å². The lowest BCUT2D eigenvalue weighted by molar-refractivity contribution is 0.161. The molecule has 2 rings (SSSR count). The first kappa shape index (κ1) is 12.4. The number of hydrogen-bond acceptors (Lipinski definition) is 2. The minimum Gasteiger partial charge on any atom is -0.312 e. The van der Waals surface area contributed by atoms with E-state index in [2.05, 4.69) is 31.0 Å². The van der Waals surface area contributed by atoms with Crippen LogP contribution >= 0.6 is 0 Å². The summed E-state index contributed by atoms with van der Waals surface area (Å²) in [5, 5.41) is 3.67. The lowest BCUT2D eigenvalue weighted by Crippen LogP contribution is -2.45. The van der Waals surface area contributed by atoms with Gasteiger partial charge >= 0.3 is 0 Å². The zero-order chi connectivity index (χ0) is 11.5. The van der Waals surface area contributed by atoms with Crippen molar-refractivity contribution in [3.05, 3.63) is 0 Å². The lowest BCUT2D eigenvalue weighted by atomic mass is 10.0. The van der Waals surface area contributed by atoms with Crippen LogP contribution in [0.2, 0.25) is 0 Å². The molecule has 0 aromatic heterocycles. The van der Waals surface area contributed by atoms with Crippen LogP contribution in [-0.4, -0.2) is 36.1 Å². The molecule has 1 heterocycles. The van der Waals surface area contributed by atoms with Gasteiger partial charge in [-0.2, -0.15) is 0 Å². The molecule has 1 saturated heterocycles. The second-order valence-corrected chi connectivity index (χ2v) is 6.11. The van der Waals surface area contributed by atoms with Crippen LogP contribution in [0.25, 0.3) is 0 Å². The molecule has 2 fully saturated rings. The van der Waals surface area contributed by atoms with Crippen LogP contribution in [0.1, 0.15) is 52.9 Å². The summed E-state index contributed by atoms with van der Waals surface area (Å²) >= 11 is 0. The highest BCUT2D eigenvalue weighted by Gasteiger charge is 2.27. The van der Waals surface area contributed by atoms with Crippen molar-refractivity contribution in [1.29, 1.82) is 0 Å². The molecule has 2 aliphatic rings. The molecule has 1 saturated carbocycles. The maximum atomic E-state index is 3.67. The topological polar surface area (TPSA) is 15.3 Å². The Kier molecular flexibility index (Phi) is 4.26. The van der Waals surface area contributed by atoms with Crippen molar-refractivity contribution in [3.8, 4) is 0 Å². The van der Waals surface area contributed by atoms with Gasteiger partial charge in [-0.05, 0) is 59.0 Å². The molecular formula is C14H28N2. The summed E-state index contributed by atoms with van der Waals surface area (Å²) in [6, 6.07) is 2.18. The fraction of sp³-hybridized carbons (Fsp3) is 1.00. The van der Waals surface area contributed by atoms with E-state index in [4.69, 9.17) is 0 Å². The van der Waals surface area contributed by atoms with Crippen molar-refractivity contribution < 1.29 is 0 Å². The molecule has 1 N–H and O–H groups in total. The van der Waals surface area contributed by atoms with Crippen LogP contribution in [-0.2, 0) is 0 Å². The summed E-state index contributed by atoms with van der Waals surface area (Å²) in [7, 11) is 0. The number of rotatable bonds is 3. The molecule has 16 heavy (non-hydrogen) atoms. The summed E-state index contributed by atoms with van der Waals surface area (Å²) in [5.74, 6) is 1.06. The average Bonchev–Trinajstić information content (AvgIpc) is 2.98. The minimum atomic E-state index is 0.686. The van der Waals surface area contributed by atoms with Crippen molar-refractivity contribution in [3.63, 3.8) is 0 Å². The standard InChI is InChI=1S/C14H28N2/c1-11-6-8-16(9-7-12(2)15-11)13(3)10-14-4-5-14/h11-15H,4-10H2,1-3H3. The van der Waals surface area contributed by atoms with Crippen molar-refractivity contribution in [2.24, 2.45) is 5.92 Å². The van der Waals surface area contributed by atoms with E-state index in [1.165, 1.54) is 45.2 Å². The van der Waals surface area contributed by atoms with Gasteiger partial charge in [0, 0.05) is 18.1 Å². The van der Waals surface area contributed by atoms with Crippen molar-refractivity contribution in [2.75, 3.05) is 13.1 Å². The smallest absolute Gasteiger partial charge is 0.00695 e. The minimum absolute atomic E-state index is 0.686. The average molecular weight is 224 g/mol. The molecule has 0 aromatic carbocycles. The van der Waals surface area contributed by atoms with E-state index in [0.29, 0.717) is 12.1 Å². The number of hydrogen-bond donors (Lipinski definition) is 1. The third-order valence-electron chi connectivity index (χ3n) is 4.26. The van der Waals surface area contributed by atoms with Gasteiger partial charge in [0.1, 0.15) is 0 Å². The van der Waals surface area contributed by atoms with Crippen molar-refractivity contribution in [1.82, 2.24) is 10.2 Å². The van der Waals surface area contributed by atoms with Gasteiger partial charge in [0.15, 0.2) is 0 Å². The van der Waals surface area contributed by atoms with E-state index in [9.17, 15) is 0 Å². The molecule has 0 spiro atoms. The summed E-state index contributed by atoms with van der Waals surface area (Å²) in [6.07, 6.45) is 7.04. The maximum absolute atomic E-state index is 3.67. The predicted molar refractivity (Wildman–Crippen MR) is 69.7 cm³/mol. The Hall–Kier alpha value is -0.0800. The molecule has 0 radical (unpaired) electrons. The quantitative estimate of drug-likeness (QED) is 0.793. The summed E-state index contributed by atoms with van der Waals surface area (Å²) in [5.41, 5.74) is 0. The summed E-state index contributed by atoms with van der Waals surface area (Å²) in [6.45, 7) is 9.66. The van der Waals surface area contributed by atoms with E-state index < -0.39 is 0 Å². The van der Waals surface area contributed by atoms with Crippen molar-refractivity contribution in [2.45, 2.75) is 71.0 Å². The number of nitrogens with one attached hydrogen (secondary N) is 1. The van der Waals surface area contributed by atoms with Crippen LogP contribution < -0.4 is 5.32 Å². The van der Waals surface area contributed by atoms with Gasteiger partial charge in [-0.25, -0.2) is 0 Å². The molecule has 1 aliphatic heterocycles. The normalized spacial score (nSPS) is 35.4. The molecule has 94 valence electrons.